The number of piperidine rings is 1. The number of carboxylic acid groups (broad SMARTS) is 1. The lowest BCUT2D eigenvalue weighted by atomic mass is 9.84. The molecule has 1 aliphatic rings. The second-order valence-corrected chi connectivity index (χ2v) is 11.0. The lowest BCUT2D eigenvalue weighted by Crippen LogP contribution is -2.60. The van der Waals surface area contributed by atoms with Gasteiger partial charge in [0.2, 0.25) is 11.8 Å². The summed E-state index contributed by atoms with van der Waals surface area (Å²) in [5.74, 6) is -0.810. The number of hydrogen-bond donors (Lipinski definition) is 2. The third-order valence-electron chi connectivity index (χ3n) is 6.15. The zero-order valence-electron chi connectivity index (χ0n) is 21.6. The molecule has 0 aromatic carbocycles. The number of aliphatic carboxylic acids is 1. The molecule has 0 radical (unpaired) electrons. The highest BCUT2D eigenvalue weighted by Gasteiger charge is 2.39. The molecule has 2 amide bonds. The third kappa shape index (κ3) is 7.91. The number of nitrogens with one attached hydrogen (secondary N) is 1. The van der Waals surface area contributed by atoms with Gasteiger partial charge in [-0.3, -0.25) is 14.5 Å². The van der Waals surface area contributed by atoms with Crippen molar-refractivity contribution >= 4 is 17.8 Å². The highest BCUT2D eigenvalue weighted by Crippen LogP contribution is 2.25. The third-order valence-corrected chi connectivity index (χ3v) is 6.15. The molecule has 184 valence electrons. The Kier molecular flexibility index (Phi) is 10.4. The highest BCUT2D eigenvalue weighted by molar-refractivity contribution is 5.91. The van der Waals surface area contributed by atoms with Gasteiger partial charge in [-0.15, -0.1) is 0 Å². The zero-order valence-corrected chi connectivity index (χ0v) is 21.6. The number of nitrogens with zero attached hydrogens (tertiary/aromatic N) is 2. The average Bonchev–Trinajstić information content (AvgIpc) is 2.67. The van der Waals surface area contributed by atoms with Crippen molar-refractivity contribution in [1.29, 1.82) is 0 Å². The number of rotatable bonds is 9. The van der Waals surface area contributed by atoms with E-state index in [4.69, 9.17) is 0 Å². The van der Waals surface area contributed by atoms with E-state index in [2.05, 4.69) is 24.1 Å². The molecule has 1 saturated heterocycles. The lowest BCUT2D eigenvalue weighted by Gasteiger charge is -2.40. The Bertz CT molecular complexity index is 694. The summed E-state index contributed by atoms with van der Waals surface area (Å²) in [4.78, 5) is 42.1. The standard InChI is InChI=1S/C25H45N3O4/c1-16(2)15-28-13-11-10-12-19(28)22(29)26-21(25(6,7)8)23(30)27(9)20(17(3)4)14-18(5)24(31)32/h14,16-17,19-21H,10-13,15H2,1-9H3,(H,26,29)(H,31,32)/b18-14+/t19-,20-,21-/m1/s1. The molecular formula is C25H45N3O4. The van der Waals surface area contributed by atoms with Crippen LogP contribution >= 0.6 is 0 Å². The predicted octanol–water partition coefficient (Wildman–Crippen LogP) is 3.54. The van der Waals surface area contributed by atoms with Crippen molar-refractivity contribution in [2.75, 3.05) is 20.1 Å². The van der Waals surface area contributed by atoms with Crippen molar-refractivity contribution in [3.05, 3.63) is 11.6 Å². The summed E-state index contributed by atoms with van der Waals surface area (Å²) < 4.78 is 0. The largest absolute Gasteiger partial charge is 0.478 e. The molecule has 7 heteroatoms. The van der Waals surface area contributed by atoms with Gasteiger partial charge in [-0.05, 0) is 43.6 Å². The molecule has 1 fully saturated rings. The molecule has 1 aliphatic heterocycles. The van der Waals surface area contributed by atoms with Crippen LogP contribution in [0.3, 0.4) is 0 Å². The van der Waals surface area contributed by atoms with Crippen LogP contribution in [-0.2, 0) is 14.4 Å². The van der Waals surface area contributed by atoms with Gasteiger partial charge in [-0.2, -0.15) is 0 Å². The second kappa shape index (κ2) is 11.8. The van der Waals surface area contributed by atoms with Crippen molar-refractivity contribution in [2.24, 2.45) is 17.3 Å². The first kappa shape index (κ1) is 28.1. The Morgan fingerprint density at radius 2 is 1.75 bits per heavy atom. The van der Waals surface area contributed by atoms with E-state index in [0.29, 0.717) is 5.92 Å². The number of likely N-dealkylation sites (tertiary alicyclic amines) is 1. The zero-order chi connectivity index (χ0) is 24.8. The summed E-state index contributed by atoms with van der Waals surface area (Å²) in [5, 5.41) is 12.4. The average molecular weight is 452 g/mol. The van der Waals surface area contributed by atoms with Crippen LogP contribution in [0.25, 0.3) is 0 Å². The van der Waals surface area contributed by atoms with Crippen molar-refractivity contribution in [2.45, 2.75) is 92.8 Å². The van der Waals surface area contributed by atoms with Gasteiger partial charge in [-0.25, -0.2) is 4.79 Å². The van der Waals surface area contributed by atoms with Crippen molar-refractivity contribution in [1.82, 2.24) is 15.1 Å². The van der Waals surface area contributed by atoms with Gasteiger partial charge in [0.15, 0.2) is 0 Å². The van der Waals surface area contributed by atoms with Crippen molar-refractivity contribution < 1.29 is 19.5 Å². The van der Waals surface area contributed by atoms with E-state index in [1.54, 1.807) is 18.0 Å². The summed E-state index contributed by atoms with van der Waals surface area (Å²) in [6.07, 6.45) is 4.52. The molecule has 0 aromatic rings. The van der Waals surface area contributed by atoms with Crippen LogP contribution in [0.15, 0.2) is 11.6 Å². The first-order valence-corrected chi connectivity index (χ1v) is 11.9. The van der Waals surface area contributed by atoms with Gasteiger partial charge in [0, 0.05) is 19.2 Å². The molecule has 0 saturated carbocycles. The topological polar surface area (TPSA) is 90.0 Å². The molecule has 1 heterocycles. The number of carbonyl (C=O) groups is 3. The summed E-state index contributed by atoms with van der Waals surface area (Å²) in [6, 6.07) is -1.31. The Balaban J connectivity index is 3.13. The first-order chi connectivity index (χ1) is 14.7. The maximum absolute atomic E-state index is 13.6. The van der Waals surface area contributed by atoms with Crippen LogP contribution in [0, 0.1) is 17.3 Å². The number of carboxylic acids is 1. The minimum atomic E-state index is -1.00. The number of hydrogen-bond acceptors (Lipinski definition) is 4. The molecule has 32 heavy (non-hydrogen) atoms. The fourth-order valence-electron chi connectivity index (χ4n) is 4.29. The van der Waals surface area contributed by atoms with Crippen LogP contribution in [0.4, 0.5) is 0 Å². The summed E-state index contributed by atoms with van der Waals surface area (Å²) in [7, 11) is 1.69. The molecule has 2 N–H and O–H groups in total. The first-order valence-electron chi connectivity index (χ1n) is 11.9. The fourth-order valence-corrected chi connectivity index (χ4v) is 4.29. The van der Waals surface area contributed by atoms with E-state index in [1.165, 1.54) is 6.92 Å². The van der Waals surface area contributed by atoms with Crippen LogP contribution < -0.4 is 5.32 Å². The minimum absolute atomic E-state index is 0.0226. The van der Waals surface area contributed by atoms with Crippen LogP contribution in [0.5, 0.6) is 0 Å². The molecule has 3 atom stereocenters. The molecule has 0 aliphatic carbocycles. The minimum Gasteiger partial charge on any atom is -0.478 e. The SMILES string of the molecule is C/C(=C\[C@H](C(C)C)N(C)C(=O)[C@@H](NC(=O)[C@H]1CCCCN1CC(C)C)C(C)(C)C)C(=O)O. The summed E-state index contributed by atoms with van der Waals surface area (Å²) in [5.41, 5.74) is -0.294. The van der Waals surface area contributed by atoms with Crippen LogP contribution in [0.1, 0.15) is 74.7 Å². The smallest absolute Gasteiger partial charge is 0.331 e. The Hall–Kier alpha value is -1.89. The summed E-state index contributed by atoms with van der Waals surface area (Å²) in [6.45, 7) is 17.3. The van der Waals surface area contributed by atoms with Gasteiger partial charge in [0.25, 0.3) is 0 Å². The van der Waals surface area contributed by atoms with E-state index in [-0.39, 0.29) is 35.4 Å². The maximum Gasteiger partial charge on any atom is 0.331 e. The molecule has 0 aromatic heterocycles. The van der Waals surface area contributed by atoms with Gasteiger partial charge < -0.3 is 15.3 Å². The Morgan fingerprint density at radius 3 is 2.22 bits per heavy atom. The van der Waals surface area contributed by atoms with Gasteiger partial charge in [-0.1, -0.05) is 61.0 Å². The van der Waals surface area contributed by atoms with Crippen molar-refractivity contribution in [3.63, 3.8) is 0 Å². The lowest BCUT2D eigenvalue weighted by molar-refractivity contribution is -0.142. The van der Waals surface area contributed by atoms with Crippen LogP contribution in [-0.4, -0.2) is 71.0 Å². The monoisotopic (exact) mass is 451 g/mol. The summed E-state index contributed by atoms with van der Waals surface area (Å²) >= 11 is 0. The molecule has 7 nitrogen and oxygen atoms in total. The van der Waals surface area contributed by atoms with Crippen LogP contribution in [0.2, 0.25) is 0 Å². The van der Waals surface area contributed by atoms with E-state index in [0.717, 1.165) is 32.4 Å². The molecule has 1 rings (SSSR count). The Labute approximate surface area is 194 Å². The van der Waals surface area contributed by atoms with Gasteiger partial charge >= 0.3 is 5.97 Å². The fraction of sp³-hybridized carbons (Fsp3) is 0.800. The number of amides is 2. The number of likely N-dealkylation sites (N-methyl/N-ethyl adjacent to an activating group) is 1. The normalized spacial score (nSPS) is 20.2. The van der Waals surface area contributed by atoms with E-state index in [1.807, 2.05) is 34.6 Å². The second-order valence-electron chi connectivity index (χ2n) is 11.0. The van der Waals surface area contributed by atoms with Crippen molar-refractivity contribution in [3.8, 4) is 0 Å². The van der Waals surface area contributed by atoms with Gasteiger partial charge in [0.05, 0.1) is 12.1 Å². The van der Waals surface area contributed by atoms with E-state index >= 15 is 0 Å². The van der Waals surface area contributed by atoms with E-state index in [9.17, 15) is 19.5 Å². The molecule has 0 unspecified atom stereocenters. The maximum atomic E-state index is 13.6. The molecule has 0 bridgehead atoms. The Morgan fingerprint density at radius 1 is 1.16 bits per heavy atom. The quantitative estimate of drug-likeness (QED) is 0.523. The van der Waals surface area contributed by atoms with Gasteiger partial charge in [0.1, 0.15) is 6.04 Å². The predicted molar refractivity (Wildman–Crippen MR) is 128 cm³/mol. The highest BCUT2D eigenvalue weighted by atomic mass is 16.4. The van der Waals surface area contributed by atoms with E-state index < -0.39 is 17.4 Å². The number of carbonyl (C=O) groups excluding carboxylic acids is 2. The molecule has 0 spiro atoms. The molecular weight excluding hydrogens is 406 g/mol.